The highest BCUT2D eigenvalue weighted by Gasteiger charge is 2.17. The Morgan fingerprint density at radius 1 is 1.27 bits per heavy atom. The van der Waals surface area contributed by atoms with Crippen LogP contribution in [0.15, 0.2) is 29.1 Å². The molecule has 3 aromatic rings. The largest absolute Gasteiger partial charge is 0.377 e. The molecule has 0 fully saturated rings. The number of halogens is 1. The molecule has 0 saturated carbocycles. The van der Waals surface area contributed by atoms with Gasteiger partial charge in [-0.05, 0) is 43.2 Å². The van der Waals surface area contributed by atoms with E-state index in [1.54, 1.807) is 20.2 Å². The van der Waals surface area contributed by atoms with Crippen molar-refractivity contribution in [2.24, 2.45) is 7.05 Å². The summed E-state index contributed by atoms with van der Waals surface area (Å²) in [7, 11) is 3.23. The lowest BCUT2D eigenvalue weighted by Gasteiger charge is -2.17. The minimum absolute atomic E-state index is 0.178. The van der Waals surface area contributed by atoms with Crippen molar-refractivity contribution in [1.82, 2.24) is 9.55 Å². The van der Waals surface area contributed by atoms with Crippen molar-refractivity contribution in [3.8, 4) is 0 Å². The Morgan fingerprint density at radius 2 is 2.00 bits per heavy atom. The number of benzene rings is 1. The number of pyridine rings is 2. The number of methoxy groups -OCH3 is 1. The topological polar surface area (TPSA) is 44.1 Å². The van der Waals surface area contributed by atoms with Gasteiger partial charge in [0.2, 0.25) is 5.95 Å². The summed E-state index contributed by atoms with van der Waals surface area (Å²) in [6.07, 6.45) is -0.178. The molecular weight excluding hydrogens is 283 g/mol. The Bertz CT molecular complexity index is 947. The molecule has 1 aromatic carbocycles. The smallest absolute Gasteiger partial charge is 0.259 e. The second-order valence-corrected chi connectivity index (χ2v) is 5.52. The van der Waals surface area contributed by atoms with E-state index in [1.807, 2.05) is 26.0 Å². The van der Waals surface area contributed by atoms with Gasteiger partial charge in [-0.25, -0.2) is 4.98 Å². The number of ether oxygens (including phenoxy) is 1. The fourth-order valence-corrected chi connectivity index (χ4v) is 2.88. The highest BCUT2D eigenvalue weighted by molar-refractivity contribution is 6.06. The molecule has 1 atom stereocenters. The summed E-state index contributed by atoms with van der Waals surface area (Å²) in [5.41, 5.74) is 2.05. The van der Waals surface area contributed by atoms with Gasteiger partial charge in [-0.3, -0.25) is 9.36 Å². The average molecular weight is 300 g/mol. The molecule has 0 radical (unpaired) electrons. The van der Waals surface area contributed by atoms with Crippen molar-refractivity contribution >= 4 is 21.8 Å². The Balaban J connectivity index is 2.63. The second-order valence-electron chi connectivity index (χ2n) is 5.52. The van der Waals surface area contributed by atoms with E-state index in [-0.39, 0.29) is 11.7 Å². The normalized spacial score (nSPS) is 13.0. The summed E-state index contributed by atoms with van der Waals surface area (Å²) in [6.45, 7) is 3.87. The van der Waals surface area contributed by atoms with Crippen molar-refractivity contribution in [1.29, 1.82) is 0 Å². The monoisotopic (exact) mass is 300 g/mol. The lowest BCUT2D eigenvalue weighted by Crippen LogP contribution is -2.19. The van der Waals surface area contributed by atoms with E-state index < -0.39 is 5.95 Å². The van der Waals surface area contributed by atoms with Crippen LogP contribution < -0.4 is 5.56 Å². The predicted molar refractivity (Wildman–Crippen MR) is 84.6 cm³/mol. The molecule has 0 N–H and O–H groups in total. The second kappa shape index (κ2) is 5.18. The van der Waals surface area contributed by atoms with E-state index in [0.717, 1.165) is 21.9 Å². The van der Waals surface area contributed by atoms with Crippen molar-refractivity contribution < 1.29 is 9.13 Å². The van der Waals surface area contributed by atoms with E-state index in [9.17, 15) is 9.18 Å². The first-order valence-electron chi connectivity index (χ1n) is 7.06. The molecule has 22 heavy (non-hydrogen) atoms. The van der Waals surface area contributed by atoms with Gasteiger partial charge in [-0.1, -0.05) is 6.07 Å². The fourth-order valence-electron chi connectivity index (χ4n) is 2.88. The molecule has 0 aliphatic rings. The van der Waals surface area contributed by atoms with Crippen LogP contribution in [0.2, 0.25) is 0 Å². The molecular formula is C17H17FN2O2. The number of hydrogen-bond donors (Lipinski definition) is 0. The van der Waals surface area contributed by atoms with Gasteiger partial charge in [0, 0.05) is 30.3 Å². The average Bonchev–Trinajstić information content (AvgIpc) is 2.51. The summed E-state index contributed by atoms with van der Waals surface area (Å²) in [5, 5.41) is 2.13. The SMILES string of the molecule is COC(C)c1cc(C)cc2c(=O)n(C)c3nc(F)ccc3c12. The van der Waals surface area contributed by atoms with Crippen LogP contribution >= 0.6 is 0 Å². The van der Waals surface area contributed by atoms with Gasteiger partial charge in [0.25, 0.3) is 5.56 Å². The third-order valence-electron chi connectivity index (χ3n) is 4.07. The van der Waals surface area contributed by atoms with Gasteiger partial charge in [0.1, 0.15) is 5.65 Å². The van der Waals surface area contributed by atoms with E-state index in [1.165, 1.54) is 10.6 Å². The number of aromatic nitrogens is 2. The van der Waals surface area contributed by atoms with Crippen LogP contribution in [0, 0.1) is 12.9 Å². The van der Waals surface area contributed by atoms with Gasteiger partial charge in [0.05, 0.1) is 6.10 Å². The Hall–Kier alpha value is -2.27. The van der Waals surface area contributed by atoms with E-state index in [2.05, 4.69) is 4.98 Å². The van der Waals surface area contributed by atoms with Crippen LogP contribution in [0.4, 0.5) is 4.39 Å². The molecule has 0 saturated heterocycles. The van der Waals surface area contributed by atoms with Crippen LogP contribution in [0.3, 0.4) is 0 Å². The lowest BCUT2D eigenvalue weighted by molar-refractivity contribution is 0.121. The Labute approximate surface area is 127 Å². The number of fused-ring (bicyclic) bond motifs is 3. The molecule has 0 spiro atoms. The minimum atomic E-state index is -0.602. The van der Waals surface area contributed by atoms with E-state index >= 15 is 0 Å². The number of nitrogens with zero attached hydrogens (tertiary/aromatic N) is 2. The molecule has 0 bridgehead atoms. The zero-order chi connectivity index (χ0) is 16.0. The molecule has 2 aromatic heterocycles. The molecule has 0 aliphatic carbocycles. The van der Waals surface area contributed by atoms with Gasteiger partial charge < -0.3 is 4.74 Å². The highest BCUT2D eigenvalue weighted by Crippen LogP contribution is 2.31. The minimum Gasteiger partial charge on any atom is -0.377 e. The molecule has 114 valence electrons. The highest BCUT2D eigenvalue weighted by atomic mass is 19.1. The fraction of sp³-hybridized carbons (Fsp3) is 0.294. The van der Waals surface area contributed by atoms with E-state index in [0.29, 0.717) is 11.0 Å². The maximum Gasteiger partial charge on any atom is 0.259 e. The van der Waals surface area contributed by atoms with Crippen molar-refractivity contribution in [3.63, 3.8) is 0 Å². The third-order valence-corrected chi connectivity index (χ3v) is 4.07. The molecule has 2 heterocycles. The maximum atomic E-state index is 13.5. The summed E-state index contributed by atoms with van der Waals surface area (Å²) in [4.78, 5) is 16.5. The Kier molecular flexibility index (Phi) is 3.45. The van der Waals surface area contributed by atoms with Crippen LogP contribution in [0.1, 0.15) is 24.2 Å². The molecule has 0 amide bonds. The van der Waals surface area contributed by atoms with Gasteiger partial charge in [-0.15, -0.1) is 0 Å². The predicted octanol–water partition coefficient (Wildman–Crippen LogP) is 3.24. The summed E-state index contributed by atoms with van der Waals surface area (Å²) < 4.78 is 20.3. The summed E-state index contributed by atoms with van der Waals surface area (Å²) in [6, 6.07) is 6.83. The zero-order valence-corrected chi connectivity index (χ0v) is 13.0. The summed E-state index contributed by atoms with van der Waals surface area (Å²) >= 11 is 0. The van der Waals surface area contributed by atoms with Crippen LogP contribution in [-0.4, -0.2) is 16.7 Å². The van der Waals surface area contributed by atoms with Crippen LogP contribution in [-0.2, 0) is 11.8 Å². The molecule has 4 nitrogen and oxygen atoms in total. The molecule has 0 aliphatic heterocycles. The third kappa shape index (κ3) is 2.09. The number of rotatable bonds is 2. The maximum absolute atomic E-state index is 13.5. The first kappa shape index (κ1) is 14.7. The summed E-state index contributed by atoms with van der Waals surface area (Å²) in [5.74, 6) is -0.602. The van der Waals surface area contributed by atoms with Crippen LogP contribution in [0.25, 0.3) is 21.8 Å². The van der Waals surface area contributed by atoms with Gasteiger partial charge >= 0.3 is 0 Å². The van der Waals surface area contributed by atoms with E-state index in [4.69, 9.17) is 4.74 Å². The standard InChI is InChI=1S/C17H17FN2O2/c1-9-7-12(10(2)22-4)15-11-5-6-14(18)19-16(11)20(3)17(21)13(15)8-9/h5-8,10H,1-4H3. The molecule has 5 heteroatoms. The van der Waals surface area contributed by atoms with Crippen LogP contribution in [0.5, 0.6) is 0 Å². The Morgan fingerprint density at radius 3 is 2.68 bits per heavy atom. The van der Waals surface area contributed by atoms with Crippen molar-refractivity contribution in [2.45, 2.75) is 20.0 Å². The molecule has 3 rings (SSSR count). The van der Waals surface area contributed by atoms with Crippen molar-refractivity contribution in [2.75, 3.05) is 7.11 Å². The quantitative estimate of drug-likeness (QED) is 0.539. The van der Waals surface area contributed by atoms with Gasteiger partial charge in [0.15, 0.2) is 0 Å². The molecule has 1 unspecified atom stereocenters. The first-order valence-corrected chi connectivity index (χ1v) is 7.06. The number of aryl methyl sites for hydroxylation is 2. The zero-order valence-electron chi connectivity index (χ0n) is 13.0. The van der Waals surface area contributed by atoms with Crippen molar-refractivity contribution in [3.05, 3.63) is 51.7 Å². The lowest BCUT2D eigenvalue weighted by atomic mass is 9.96. The number of hydrogen-bond acceptors (Lipinski definition) is 3. The van der Waals surface area contributed by atoms with Gasteiger partial charge in [-0.2, -0.15) is 4.39 Å². The first-order chi connectivity index (χ1) is 10.4.